The average Bonchev–Trinajstić information content (AvgIpc) is 2.39. The van der Waals surface area contributed by atoms with E-state index < -0.39 is 0 Å². The molecule has 0 bridgehead atoms. The third-order valence-corrected chi connectivity index (χ3v) is 3.26. The molecular formula is C14H18O3S. The highest BCUT2D eigenvalue weighted by atomic mass is 32.2. The Kier molecular flexibility index (Phi) is 6.54. The first-order valence-corrected chi connectivity index (χ1v) is 6.75. The monoisotopic (exact) mass is 266 g/mol. The number of rotatable bonds is 7. The van der Waals surface area contributed by atoms with E-state index >= 15 is 0 Å². The molecule has 0 N–H and O–H groups in total. The SMILES string of the molecule is C=C(C(=O)OCC)c1ccc(SCCOC)cc1. The standard InChI is InChI=1S/C14H18O3S/c1-4-17-14(15)11(2)12-5-7-13(8-6-12)18-10-9-16-3/h5-8H,2,4,9-10H2,1,3H3. The van der Waals surface area contributed by atoms with Crippen molar-refractivity contribution in [3.8, 4) is 0 Å². The van der Waals surface area contributed by atoms with Gasteiger partial charge in [-0.05, 0) is 24.6 Å². The molecule has 0 amide bonds. The topological polar surface area (TPSA) is 35.5 Å². The van der Waals surface area contributed by atoms with Crippen LogP contribution in [0.5, 0.6) is 0 Å². The zero-order chi connectivity index (χ0) is 13.4. The van der Waals surface area contributed by atoms with Gasteiger partial charge in [-0.25, -0.2) is 4.79 Å². The van der Waals surface area contributed by atoms with Crippen LogP contribution in [0.4, 0.5) is 0 Å². The molecule has 1 aromatic rings. The van der Waals surface area contributed by atoms with Crippen LogP contribution >= 0.6 is 11.8 Å². The molecule has 1 aromatic carbocycles. The summed E-state index contributed by atoms with van der Waals surface area (Å²) >= 11 is 1.71. The Hall–Kier alpha value is -1.26. The highest BCUT2D eigenvalue weighted by Crippen LogP contribution is 2.21. The summed E-state index contributed by atoms with van der Waals surface area (Å²) in [4.78, 5) is 12.6. The van der Waals surface area contributed by atoms with Crippen LogP contribution in [-0.4, -0.2) is 32.0 Å². The molecule has 98 valence electrons. The second kappa shape index (κ2) is 7.95. The van der Waals surface area contributed by atoms with Crippen molar-refractivity contribution in [2.45, 2.75) is 11.8 Å². The van der Waals surface area contributed by atoms with Gasteiger partial charge in [-0.3, -0.25) is 0 Å². The summed E-state index contributed by atoms with van der Waals surface area (Å²) in [5.74, 6) is 0.548. The van der Waals surface area contributed by atoms with Crippen LogP contribution in [-0.2, 0) is 14.3 Å². The predicted octanol–water partition coefficient (Wildman–Crippen LogP) is 3.00. The maximum absolute atomic E-state index is 11.5. The fourth-order valence-corrected chi connectivity index (χ4v) is 2.15. The predicted molar refractivity (Wildman–Crippen MR) is 74.7 cm³/mol. The third-order valence-electron chi connectivity index (χ3n) is 2.28. The molecule has 0 spiro atoms. The number of benzene rings is 1. The molecule has 0 aliphatic carbocycles. The van der Waals surface area contributed by atoms with Crippen LogP contribution in [0.15, 0.2) is 35.7 Å². The van der Waals surface area contributed by atoms with E-state index in [2.05, 4.69) is 6.58 Å². The van der Waals surface area contributed by atoms with Crippen molar-refractivity contribution < 1.29 is 14.3 Å². The highest BCUT2D eigenvalue weighted by molar-refractivity contribution is 7.99. The molecule has 0 radical (unpaired) electrons. The number of hydrogen-bond donors (Lipinski definition) is 0. The van der Waals surface area contributed by atoms with Gasteiger partial charge in [0.25, 0.3) is 0 Å². The number of ether oxygens (including phenoxy) is 2. The Morgan fingerprint density at radius 1 is 1.33 bits per heavy atom. The number of esters is 1. The normalized spacial score (nSPS) is 10.1. The maximum Gasteiger partial charge on any atom is 0.338 e. The first kappa shape index (κ1) is 14.8. The van der Waals surface area contributed by atoms with Crippen molar-refractivity contribution in [2.75, 3.05) is 26.1 Å². The Bertz CT molecular complexity index is 398. The molecule has 0 atom stereocenters. The summed E-state index contributed by atoms with van der Waals surface area (Å²) < 4.78 is 9.90. The van der Waals surface area contributed by atoms with Gasteiger partial charge in [0.1, 0.15) is 0 Å². The average molecular weight is 266 g/mol. The van der Waals surface area contributed by atoms with Gasteiger partial charge in [0.2, 0.25) is 0 Å². The van der Waals surface area contributed by atoms with Crippen LogP contribution < -0.4 is 0 Å². The third kappa shape index (κ3) is 4.55. The Balaban J connectivity index is 2.59. The maximum atomic E-state index is 11.5. The van der Waals surface area contributed by atoms with E-state index in [4.69, 9.17) is 9.47 Å². The van der Waals surface area contributed by atoms with E-state index in [1.54, 1.807) is 25.8 Å². The van der Waals surface area contributed by atoms with E-state index in [1.165, 1.54) is 0 Å². The van der Waals surface area contributed by atoms with Gasteiger partial charge in [0.15, 0.2) is 0 Å². The fraction of sp³-hybridized carbons (Fsp3) is 0.357. The van der Waals surface area contributed by atoms with Crippen molar-refractivity contribution in [3.05, 3.63) is 36.4 Å². The van der Waals surface area contributed by atoms with Crippen LogP contribution in [0.25, 0.3) is 5.57 Å². The van der Waals surface area contributed by atoms with Crippen LogP contribution in [0, 0.1) is 0 Å². The second-order valence-electron chi connectivity index (χ2n) is 3.56. The fourth-order valence-electron chi connectivity index (χ4n) is 1.33. The Labute approximate surface area is 112 Å². The number of methoxy groups -OCH3 is 1. The van der Waals surface area contributed by atoms with E-state index in [-0.39, 0.29) is 5.97 Å². The van der Waals surface area contributed by atoms with Gasteiger partial charge in [0, 0.05) is 17.8 Å². The molecular weight excluding hydrogens is 248 g/mol. The molecule has 0 aliphatic heterocycles. The van der Waals surface area contributed by atoms with E-state index in [1.807, 2.05) is 24.3 Å². The highest BCUT2D eigenvalue weighted by Gasteiger charge is 2.09. The van der Waals surface area contributed by atoms with Crippen LogP contribution in [0.3, 0.4) is 0 Å². The Morgan fingerprint density at radius 2 is 2.00 bits per heavy atom. The summed E-state index contributed by atoms with van der Waals surface area (Å²) in [6, 6.07) is 7.71. The van der Waals surface area contributed by atoms with Gasteiger partial charge >= 0.3 is 5.97 Å². The summed E-state index contributed by atoms with van der Waals surface area (Å²) in [5, 5.41) is 0. The molecule has 0 aliphatic rings. The molecule has 3 nitrogen and oxygen atoms in total. The zero-order valence-corrected chi connectivity index (χ0v) is 11.6. The van der Waals surface area contributed by atoms with E-state index in [0.29, 0.717) is 12.2 Å². The molecule has 0 heterocycles. The van der Waals surface area contributed by atoms with E-state index in [0.717, 1.165) is 22.8 Å². The summed E-state index contributed by atoms with van der Waals surface area (Å²) in [5.41, 5.74) is 1.19. The minimum Gasteiger partial charge on any atom is -0.462 e. The van der Waals surface area contributed by atoms with Crippen molar-refractivity contribution in [2.24, 2.45) is 0 Å². The molecule has 0 saturated carbocycles. The first-order valence-electron chi connectivity index (χ1n) is 5.77. The number of carbonyl (C=O) groups excluding carboxylic acids is 1. The number of carbonyl (C=O) groups is 1. The molecule has 0 unspecified atom stereocenters. The summed E-state index contributed by atoms with van der Waals surface area (Å²) in [6.07, 6.45) is 0. The van der Waals surface area contributed by atoms with Gasteiger partial charge in [0.05, 0.1) is 18.8 Å². The lowest BCUT2D eigenvalue weighted by atomic mass is 10.1. The van der Waals surface area contributed by atoms with Gasteiger partial charge < -0.3 is 9.47 Å². The lowest BCUT2D eigenvalue weighted by Crippen LogP contribution is -2.05. The molecule has 4 heteroatoms. The van der Waals surface area contributed by atoms with E-state index in [9.17, 15) is 4.79 Å². The van der Waals surface area contributed by atoms with Crippen molar-refractivity contribution in [3.63, 3.8) is 0 Å². The smallest absolute Gasteiger partial charge is 0.338 e. The summed E-state index contributed by atoms with van der Waals surface area (Å²) in [6.45, 7) is 6.61. The summed E-state index contributed by atoms with van der Waals surface area (Å²) in [7, 11) is 1.69. The molecule has 18 heavy (non-hydrogen) atoms. The number of thioether (sulfide) groups is 1. The molecule has 0 saturated heterocycles. The second-order valence-corrected chi connectivity index (χ2v) is 4.73. The molecule has 1 rings (SSSR count). The minimum atomic E-state index is -0.364. The largest absolute Gasteiger partial charge is 0.462 e. The van der Waals surface area contributed by atoms with Crippen molar-refractivity contribution >= 4 is 23.3 Å². The van der Waals surface area contributed by atoms with Crippen molar-refractivity contribution in [1.82, 2.24) is 0 Å². The van der Waals surface area contributed by atoms with Gasteiger partial charge in [-0.15, -0.1) is 11.8 Å². The quantitative estimate of drug-likeness (QED) is 0.329. The minimum absolute atomic E-state index is 0.364. The lowest BCUT2D eigenvalue weighted by molar-refractivity contribution is -0.136. The van der Waals surface area contributed by atoms with Crippen LogP contribution in [0.2, 0.25) is 0 Å². The molecule has 0 fully saturated rings. The van der Waals surface area contributed by atoms with Gasteiger partial charge in [-0.2, -0.15) is 0 Å². The first-order chi connectivity index (χ1) is 8.69. The molecule has 0 aromatic heterocycles. The van der Waals surface area contributed by atoms with Crippen molar-refractivity contribution in [1.29, 1.82) is 0 Å². The number of hydrogen-bond acceptors (Lipinski definition) is 4. The zero-order valence-electron chi connectivity index (χ0n) is 10.8. The lowest BCUT2D eigenvalue weighted by Gasteiger charge is -2.06. The Morgan fingerprint density at radius 3 is 2.56 bits per heavy atom. The van der Waals surface area contributed by atoms with Crippen LogP contribution in [0.1, 0.15) is 12.5 Å². The van der Waals surface area contributed by atoms with Gasteiger partial charge in [-0.1, -0.05) is 18.7 Å².